The number of nitrogens with one attached hydrogen (secondary N) is 1. The molecule has 112 valence electrons. The van der Waals surface area contributed by atoms with Gasteiger partial charge in [-0.05, 0) is 56.3 Å². The van der Waals surface area contributed by atoms with Gasteiger partial charge in [-0.1, -0.05) is 36.2 Å². The van der Waals surface area contributed by atoms with Crippen molar-refractivity contribution in [2.24, 2.45) is 5.92 Å². The molecule has 0 heterocycles. The summed E-state index contributed by atoms with van der Waals surface area (Å²) in [5.41, 5.74) is 1.17. The molecule has 0 radical (unpaired) electrons. The van der Waals surface area contributed by atoms with Gasteiger partial charge in [-0.15, -0.1) is 0 Å². The first kappa shape index (κ1) is 16.1. The van der Waals surface area contributed by atoms with Crippen molar-refractivity contribution in [3.8, 4) is 0 Å². The molecule has 2 unspecified atom stereocenters. The van der Waals surface area contributed by atoms with Gasteiger partial charge in [0.05, 0.1) is 22.2 Å². The van der Waals surface area contributed by atoms with Crippen molar-refractivity contribution in [1.29, 1.82) is 0 Å². The molecule has 2 atom stereocenters. The Kier molecular flexibility index (Phi) is 6.16. The molecule has 1 fully saturated rings. The maximum atomic E-state index is 6.17. The zero-order valence-corrected chi connectivity index (χ0v) is 13.7. The Bertz CT molecular complexity index is 434. The van der Waals surface area contributed by atoms with E-state index in [-0.39, 0.29) is 12.1 Å². The smallest absolute Gasteiger partial charge is 0.0797 e. The van der Waals surface area contributed by atoms with Crippen molar-refractivity contribution < 1.29 is 4.74 Å². The van der Waals surface area contributed by atoms with Crippen LogP contribution in [0.1, 0.15) is 44.7 Å². The Balaban J connectivity index is 2.22. The Morgan fingerprint density at radius 2 is 2.00 bits per heavy atom. The summed E-state index contributed by atoms with van der Waals surface area (Å²) in [6.45, 7) is 5.95. The maximum Gasteiger partial charge on any atom is 0.0797 e. The number of ether oxygens (including phenoxy) is 1. The lowest BCUT2D eigenvalue weighted by Gasteiger charge is -2.29. The minimum atomic E-state index is 0.192. The first-order chi connectivity index (χ1) is 9.67. The predicted octanol–water partition coefficient (Wildman–Crippen LogP) is 4.85. The predicted molar refractivity (Wildman–Crippen MR) is 85.6 cm³/mol. The second-order valence-corrected chi connectivity index (χ2v) is 6.18. The largest absolute Gasteiger partial charge is 0.376 e. The van der Waals surface area contributed by atoms with Crippen LogP contribution in [0.3, 0.4) is 0 Å². The molecule has 1 aromatic rings. The van der Waals surface area contributed by atoms with Gasteiger partial charge in [-0.25, -0.2) is 0 Å². The Morgan fingerprint density at radius 3 is 2.55 bits per heavy atom. The molecular weight excluding hydrogens is 293 g/mol. The topological polar surface area (TPSA) is 21.3 Å². The zero-order chi connectivity index (χ0) is 14.5. The highest BCUT2D eigenvalue weighted by atomic mass is 35.5. The number of benzene rings is 1. The van der Waals surface area contributed by atoms with Crippen LogP contribution in [0.5, 0.6) is 0 Å². The summed E-state index contributed by atoms with van der Waals surface area (Å²) < 4.78 is 6.01. The van der Waals surface area contributed by atoms with Crippen LogP contribution in [0, 0.1) is 5.92 Å². The van der Waals surface area contributed by atoms with Crippen molar-refractivity contribution in [2.75, 3.05) is 13.2 Å². The van der Waals surface area contributed by atoms with Crippen LogP contribution in [0.15, 0.2) is 18.2 Å². The summed E-state index contributed by atoms with van der Waals surface area (Å²) in [5, 5.41) is 4.82. The SMILES string of the molecule is CCCNC(c1ccc(Cl)c(Cl)c1)C(OCC)C1CC1. The normalized spacial score (nSPS) is 18.0. The van der Waals surface area contributed by atoms with Crippen molar-refractivity contribution in [3.63, 3.8) is 0 Å². The Hall–Kier alpha value is -0.280. The van der Waals surface area contributed by atoms with Gasteiger partial charge in [-0.3, -0.25) is 0 Å². The minimum Gasteiger partial charge on any atom is -0.376 e. The van der Waals surface area contributed by atoms with Gasteiger partial charge in [-0.2, -0.15) is 0 Å². The van der Waals surface area contributed by atoms with E-state index in [1.807, 2.05) is 12.1 Å². The number of hydrogen-bond acceptors (Lipinski definition) is 2. The molecule has 0 saturated heterocycles. The standard InChI is InChI=1S/C16H23Cl2NO/c1-3-9-19-15(16(20-4-2)11-5-6-11)12-7-8-13(17)14(18)10-12/h7-8,10-11,15-16,19H,3-6,9H2,1-2H3. The van der Waals surface area contributed by atoms with Gasteiger partial charge >= 0.3 is 0 Å². The minimum absolute atomic E-state index is 0.192. The van der Waals surface area contributed by atoms with Gasteiger partial charge in [0, 0.05) is 6.61 Å². The van der Waals surface area contributed by atoms with Crippen LogP contribution < -0.4 is 5.32 Å². The maximum absolute atomic E-state index is 6.17. The van der Waals surface area contributed by atoms with Crippen LogP contribution in [-0.2, 0) is 4.74 Å². The van der Waals surface area contributed by atoms with Crippen molar-refractivity contribution >= 4 is 23.2 Å². The molecule has 1 N–H and O–H groups in total. The van der Waals surface area contributed by atoms with E-state index in [0.29, 0.717) is 16.0 Å². The molecule has 0 amide bonds. The van der Waals surface area contributed by atoms with E-state index in [2.05, 4.69) is 25.2 Å². The van der Waals surface area contributed by atoms with E-state index in [9.17, 15) is 0 Å². The van der Waals surface area contributed by atoms with E-state index >= 15 is 0 Å². The zero-order valence-electron chi connectivity index (χ0n) is 12.2. The van der Waals surface area contributed by atoms with Gasteiger partial charge in [0.15, 0.2) is 0 Å². The van der Waals surface area contributed by atoms with Crippen LogP contribution in [0.25, 0.3) is 0 Å². The first-order valence-electron chi connectivity index (χ1n) is 7.47. The molecule has 0 aromatic heterocycles. The average Bonchev–Trinajstić information content (AvgIpc) is 3.26. The van der Waals surface area contributed by atoms with Gasteiger partial charge < -0.3 is 10.1 Å². The quantitative estimate of drug-likeness (QED) is 0.740. The Labute approximate surface area is 131 Å². The highest BCUT2D eigenvalue weighted by Crippen LogP contribution is 2.40. The molecule has 1 saturated carbocycles. The van der Waals surface area contributed by atoms with Crippen LogP contribution >= 0.6 is 23.2 Å². The third-order valence-electron chi connectivity index (χ3n) is 3.69. The van der Waals surface area contributed by atoms with E-state index in [4.69, 9.17) is 27.9 Å². The summed E-state index contributed by atoms with van der Waals surface area (Å²) in [5.74, 6) is 0.666. The second-order valence-electron chi connectivity index (χ2n) is 5.36. The van der Waals surface area contributed by atoms with Crippen molar-refractivity contribution in [2.45, 2.75) is 45.3 Å². The summed E-state index contributed by atoms with van der Waals surface area (Å²) in [6, 6.07) is 6.08. The molecular formula is C16H23Cl2NO. The number of hydrogen-bond donors (Lipinski definition) is 1. The van der Waals surface area contributed by atoms with E-state index in [0.717, 1.165) is 19.6 Å². The third kappa shape index (κ3) is 4.11. The first-order valence-corrected chi connectivity index (χ1v) is 8.22. The molecule has 0 aliphatic heterocycles. The Morgan fingerprint density at radius 1 is 1.25 bits per heavy atom. The molecule has 4 heteroatoms. The van der Waals surface area contributed by atoms with Crippen molar-refractivity contribution in [1.82, 2.24) is 5.32 Å². The molecule has 1 aliphatic carbocycles. The number of rotatable bonds is 8. The highest BCUT2D eigenvalue weighted by molar-refractivity contribution is 6.42. The van der Waals surface area contributed by atoms with Crippen LogP contribution in [0.4, 0.5) is 0 Å². The lowest BCUT2D eigenvalue weighted by molar-refractivity contribution is 0.0186. The summed E-state index contributed by atoms with van der Waals surface area (Å²) in [6.07, 6.45) is 3.84. The monoisotopic (exact) mass is 315 g/mol. The summed E-state index contributed by atoms with van der Waals surface area (Å²) in [4.78, 5) is 0. The lowest BCUT2D eigenvalue weighted by atomic mass is 9.97. The molecule has 0 spiro atoms. The fourth-order valence-corrected chi connectivity index (χ4v) is 2.86. The summed E-state index contributed by atoms with van der Waals surface area (Å²) >= 11 is 12.2. The van der Waals surface area contributed by atoms with Gasteiger partial charge in [0.2, 0.25) is 0 Å². The molecule has 2 nitrogen and oxygen atoms in total. The fraction of sp³-hybridized carbons (Fsp3) is 0.625. The molecule has 2 rings (SSSR count). The van der Waals surface area contributed by atoms with E-state index < -0.39 is 0 Å². The molecule has 1 aromatic carbocycles. The van der Waals surface area contributed by atoms with Crippen molar-refractivity contribution in [3.05, 3.63) is 33.8 Å². The third-order valence-corrected chi connectivity index (χ3v) is 4.43. The highest BCUT2D eigenvalue weighted by Gasteiger charge is 2.37. The number of halogens is 2. The fourth-order valence-electron chi connectivity index (χ4n) is 2.55. The molecule has 1 aliphatic rings. The van der Waals surface area contributed by atoms with Gasteiger partial charge in [0.25, 0.3) is 0 Å². The van der Waals surface area contributed by atoms with Crippen LogP contribution in [0.2, 0.25) is 10.0 Å². The molecule has 0 bridgehead atoms. The lowest BCUT2D eigenvalue weighted by Crippen LogP contribution is -2.36. The average molecular weight is 316 g/mol. The molecule has 20 heavy (non-hydrogen) atoms. The van der Waals surface area contributed by atoms with Crippen LogP contribution in [-0.4, -0.2) is 19.3 Å². The van der Waals surface area contributed by atoms with E-state index in [1.165, 1.54) is 18.4 Å². The van der Waals surface area contributed by atoms with Gasteiger partial charge in [0.1, 0.15) is 0 Å². The van der Waals surface area contributed by atoms with E-state index in [1.54, 1.807) is 0 Å². The second kappa shape index (κ2) is 7.65. The summed E-state index contributed by atoms with van der Waals surface area (Å²) in [7, 11) is 0.